The predicted octanol–water partition coefficient (Wildman–Crippen LogP) is 6.12. The van der Waals surface area contributed by atoms with E-state index in [0.717, 1.165) is 33.6 Å². The third kappa shape index (κ3) is 9.16. The molecule has 4 rings (SSSR count). The lowest BCUT2D eigenvalue weighted by Gasteiger charge is -2.34. The van der Waals surface area contributed by atoms with Crippen molar-refractivity contribution in [2.75, 3.05) is 27.4 Å². The van der Waals surface area contributed by atoms with Crippen LogP contribution in [0.1, 0.15) is 92.0 Å². The summed E-state index contributed by atoms with van der Waals surface area (Å²) in [6, 6.07) is 15.4. The van der Waals surface area contributed by atoms with Crippen LogP contribution in [0.15, 0.2) is 60.9 Å². The number of aromatic nitrogens is 4. The first kappa shape index (κ1) is 40.4. The third-order valence-corrected chi connectivity index (χ3v) is 9.76. The van der Waals surface area contributed by atoms with Gasteiger partial charge >= 0.3 is 0 Å². The lowest BCUT2D eigenvalue weighted by molar-refractivity contribution is -0.145. The summed E-state index contributed by atoms with van der Waals surface area (Å²) in [6.07, 6.45) is 4.03. The van der Waals surface area contributed by atoms with Crippen LogP contribution in [0.2, 0.25) is 0 Å². The van der Waals surface area contributed by atoms with Crippen LogP contribution < -0.4 is 10.6 Å². The Bertz CT molecular complexity index is 1650. The number of amides is 2. The number of nitrogens with one attached hydrogen (secondary N) is 4. The second-order valence-corrected chi connectivity index (χ2v) is 15.9. The highest BCUT2D eigenvalue weighted by molar-refractivity contribution is 5.85. The Morgan fingerprint density at radius 2 is 0.923 bits per heavy atom. The number of hydrogen-bond acceptors (Lipinski definition) is 8. The number of rotatable bonds is 15. The van der Waals surface area contributed by atoms with Gasteiger partial charge in [0.25, 0.3) is 11.8 Å². The molecule has 12 nitrogen and oxygen atoms in total. The van der Waals surface area contributed by atoms with Crippen LogP contribution >= 0.6 is 0 Å². The maximum Gasteiger partial charge on any atom is 0.252 e. The van der Waals surface area contributed by atoms with E-state index in [1.54, 1.807) is 13.8 Å². The summed E-state index contributed by atoms with van der Waals surface area (Å²) in [7, 11) is 2.93. The molecule has 0 aliphatic heterocycles. The van der Waals surface area contributed by atoms with Gasteiger partial charge in [0, 0.05) is 63.8 Å². The van der Waals surface area contributed by atoms with Crippen molar-refractivity contribution in [1.29, 1.82) is 0 Å². The molecule has 0 aliphatic carbocycles. The first-order chi connectivity index (χ1) is 24.4. The molecular weight excluding hydrogens is 660 g/mol. The highest BCUT2D eigenvalue weighted by Crippen LogP contribution is 2.35. The van der Waals surface area contributed by atoms with E-state index in [4.69, 9.17) is 19.4 Å². The topological polar surface area (TPSA) is 174 Å². The summed E-state index contributed by atoms with van der Waals surface area (Å²) in [5.41, 5.74) is 2.40. The van der Waals surface area contributed by atoms with Crippen LogP contribution in [0.5, 0.6) is 0 Å². The van der Waals surface area contributed by atoms with E-state index in [2.05, 4.69) is 44.9 Å². The zero-order valence-corrected chi connectivity index (χ0v) is 32.2. The number of benzene rings is 2. The van der Waals surface area contributed by atoms with E-state index in [1.165, 1.54) is 14.2 Å². The molecule has 0 saturated carbocycles. The van der Waals surface area contributed by atoms with E-state index in [9.17, 15) is 19.8 Å². The molecule has 0 spiro atoms. The minimum Gasteiger partial charge on any atom is -0.396 e. The van der Waals surface area contributed by atoms with E-state index >= 15 is 0 Å². The van der Waals surface area contributed by atoms with Crippen LogP contribution in [0.3, 0.4) is 0 Å². The Morgan fingerprint density at radius 3 is 1.19 bits per heavy atom. The maximum atomic E-state index is 13.2. The monoisotopic (exact) mass is 716 g/mol. The summed E-state index contributed by atoms with van der Waals surface area (Å²) in [6.45, 7) is 15.2. The van der Waals surface area contributed by atoms with Crippen LogP contribution in [0.25, 0.3) is 33.6 Å². The molecule has 0 saturated heterocycles. The Labute approximate surface area is 307 Å². The van der Waals surface area contributed by atoms with Crippen molar-refractivity contribution < 1.29 is 29.3 Å². The number of carbonyl (C=O) groups excluding carboxylic acids is 2. The smallest absolute Gasteiger partial charge is 0.252 e. The second kappa shape index (κ2) is 16.1. The van der Waals surface area contributed by atoms with Gasteiger partial charge in [-0.3, -0.25) is 9.59 Å². The normalized spacial score (nSPS) is 15.7. The first-order valence-electron chi connectivity index (χ1n) is 17.6. The SMILES string of the molecule is COC(C)(CCO)C(=O)N[C@H](c1nc(-c2ccc(-c3ccc(-c4c[nH]c([C@@H](NC(=O)C(C)(CCO)OC)C(C)(C)C)n4)cc3)cc2)c[nH]1)C(C)(C)C. The number of aromatic amines is 2. The number of ether oxygens (including phenoxy) is 2. The predicted molar refractivity (Wildman–Crippen MR) is 202 cm³/mol. The van der Waals surface area contributed by atoms with Crippen molar-refractivity contribution in [2.45, 2.75) is 91.5 Å². The largest absolute Gasteiger partial charge is 0.396 e. The second-order valence-electron chi connectivity index (χ2n) is 15.9. The average molecular weight is 717 g/mol. The summed E-state index contributed by atoms with van der Waals surface area (Å²) < 4.78 is 10.9. The number of hydrogen-bond donors (Lipinski definition) is 6. The molecule has 2 amide bonds. The first-order valence-corrected chi connectivity index (χ1v) is 17.6. The van der Waals surface area contributed by atoms with Crippen LogP contribution in [0.4, 0.5) is 0 Å². The summed E-state index contributed by atoms with van der Waals surface area (Å²) in [5.74, 6) is 0.637. The number of nitrogens with zero attached hydrogens (tertiary/aromatic N) is 2. The van der Waals surface area contributed by atoms with Gasteiger partial charge in [0.05, 0.1) is 23.5 Å². The van der Waals surface area contributed by atoms with Crippen molar-refractivity contribution in [1.82, 2.24) is 30.6 Å². The van der Waals surface area contributed by atoms with Gasteiger partial charge in [-0.1, -0.05) is 90.1 Å². The van der Waals surface area contributed by atoms with Crippen LogP contribution in [0, 0.1) is 10.8 Å². The molecule has 0 fully saturated rings. The number of H-pyrrole nitrogens is 2. The van der Waals surface area contributed by atoms with Crippen molar-refractivity contribution in [3.63, 3.8) is 0 Å². The average Bonchev–Trinajstić information content (AvgIpc) is 3.79. The van der Waals surface area contributed by atoms with Crippen molar-refractivity contribution in [2.24, 2.45) is 10.8 Å². The molecule has 0 radical (unpaired) electrons. The van der Waals surface area contributed by atoms with Crippen molar-refractivity contribution in [3.05, 3.63) is 72.6 Å². The molecule has 12 heteroatoms. The molecule has 2 aromatic carbocycles. The highest BCUT2D eigenvalue weighted by Gasteiger charge is 2.39. The van der Waals surface area contributed by atoms with Gasteiger partial charge in [-0.05, 0) is 35.8 Å². The van der Waals surface area contributed by atoms with Gasteiger partial charge in [0.2, 0.25) is 0 Å². The number of imidazole rings is 2. The molecule has 4 atom stereocenters. The fourth-order valence-electron chi connectivity index (χ4n) is 5.93. The minimum atomic E-state index is -1.16. The number of methoxy groups -OCH3 is 2. The number of carbonyl (C=O) groups is 2. The standard InChI is InChI=1S/C40H56N6O6/c1-37(2,3)31(45-35(49)39(7,51-9)19-21-47)33-41-23-29(43-33)27-15-11-25(12-16-27)26-13-17-28(18-14-26)30-24-42-34(44-30)32(38(4,5)6)46-36(50)40(8,52-10)20-22-48/h11-18,23-24,31-32,47-48H,19-22H2,1-10H3,(H,41,43)(H,42,44)(H,45,49)(H,46,50)/t31-,32-,39?,40?/m1/s1. The van der Waals surface area contributed by atoms with E-state index < -0.39 is 23.3 Å². The summed E-state index contributed by atoms with van der Waals surface area (Å²) in [5, 5.41) is 25.1. The van der Waals surface area contributed by atoms with Gasteiger partial charge in [0.15, 0.2) is 0 Å². The minimum absolute atomic E-state index is 0.169. The van der Waals surface area contributed by atoms with E-state index in [-0.39, 0.29) is 48.7 Å². The molecule has 2 unspecified atom stereocenters. The van der Waals surface area contributed by atoms with Crippen molar-refractivity contribution >= 4 is 11.8 Å². The zero-order valence-electron chi connectivity index (χ0n) is 32.2. The maximum absolute atomic E-state index is 13.2. The molecule has 0 aliphatic rings. The fraction of sp³-hybridized carbons (Fsp3) is 0.500. The lowest BCUT2D eigenvalue weighted by atomic mass is 9.85. The van der Waals surface area contributed by atoms with Gasteiger partial charge in [-0.2, -0.15) is 0 Å². The Kier molecular flexibility index (Phi) is 12.5. The van der Waals surface area contributed by atoms with E-state index in [0.29, 0.717) is 11.6 Å². The quantitative estimate of drug-likeness (QED) is 0.0854. The van der Waals surface area contributed by atoms with Gasteiger partial charge < -0.3 is 40.3 Å². The molecule has 4 aromatic rings. The van der Waals surface area contributed by atoms with Gasteiger partial charge in [0.1, 0.15) is 22.9 Å². The highest BCUT2D eigenvalue weighted by atomic mass is 16.5. The molecule has 282 valence electrons. The lowest BCUT2D eigenvalue weighted by Crippen LogP contribution is -2.50. The van der Waals surface area contributed by atoms with Gasteiger partial charge in [-0.15, -0.1) is 0 Å². The Morgan fingerprint density at radius 1 is 0.615 bits per heavy atom. The van der Waals surface area contributed by atoms with Gasteiger partial charge in [-0.25, -0.2) is 9.97 Å². The summed E-state index contributed by atoms with van der Waals surface area (Å²) >= 11 is 0. The van der Waals surface area contributed by atoms with Crippen LogP contribution in [-0.4, -0.2) is 80.6 Å². The molecule has 2 aromatic heterocycles. The number of aliphatic hydroxyl groups is 2. The summed E-state index contributed by atoms with van der Waals surface area (Å²) in [4.78, 5) is 42.7. The Hall–Kier alpha value is -4.36. The fourth-order valence-corrected chi connectivity index (χ4v) is 5.93. The Balaban J connectivity index is 1.49. The molecule has 0 bridgehead atoms. The van der Waals surface area contributed by atoms with E-state index in [1.807, 2.05) is 78.2 Å². The third-order valence-electron chi connectivity index (χ3n) is 9.76. The molecule has 6 N–H and O–H groups in total. The number of aliphatic hydroxyl groups excluding tert-OH is 2. The molecule has 2 heterocycles. The zero-order chi connectivity index (χ0) is 38.5. The van der Waals surface area contributed by atoms with Crippen LogP contribution in [-0.2, 0) is 19.1 Å². The van der Waals surface area contributed by atoms with Crippen molar-refractivity contribution in [3.8, 4) is 33.6 Å². The molecule has 52 heavy (non-hydrogen) atoms. The molecular formula is C40H56N6O6.